The predicted octanol–water partition coefficient (Wildman–Crippen LogP) is 3.31. The van der Waals surface area contributed by atoms with Crippen LogP contribution in [0.15, 0.2) is 24.3 Å². The van der Waals surface area contributed by atoms with Crippen LogP contribution in [0.2, 0.25) is 0 Å². The van der Waals surface area contributed by atoms with Gasteiger partial charge in [-0.25, -0.2) is 9.78 Å². The lowest BCUT2D eigenvalue weighted by Crippen LogP contribution is -2.36. The molecule has 0 unspecified atom stereocenters. The zero-order chi connectivity index (χ0) is 20.4. The van der Waals surface area contributed by atoms with Gasteiger partial charge in [-0.1, -0.05) is 24.2 Å². The second-order valence-corrected chi connectivity index (χ2v) is 8.33. The van der Waals surface area contributed by atoms with Crippen LogP contribution in [0.1, 0.15) is 46.6 Å². The van der Waals surface area contributed by atoms with Gasteiger partial charge < -0.3 is 10.2 Å². The summed E-state index contributed by atoms with van der Waals surface area (Å²) < 4.78 is 0. The number of non-ortho nitro benzene ring substituents is 1. The highest BCUT2D eigenvalue weighted by atomic mass is 32.1. The molecule has 1 aromatic carbocycles. The van der Waals surface area contributed by atoms with Crippen molar-refractivity contribution in [1.29, 1.82) is 0 Å². The zero-order valence-electron chi connectivity index (χ0n) is 15.7. The van der Waals surface area contributed by atoms with Crippen LogP contribution >= 0.6 is 11.3 Å². The predicted molar refractivity (Wildman–Crippen MR) is 108 cm³/mol. The minimum absolute atomic E-state index is 0.0449. The molecule has 2 aromatic rings. The molecule has 2 N–H and O–H groups in total. The maximum Gasteiger partial charge on any atom is 0.321 e. The van der Waals surface area contributed by atoms with Crippen molar-refractivity contribution in [2.75, 3.05) is 11.9 Å². The number of hydrogen-bond donors (Lipinski definition) is 2. The number of nitrogens with zero attached hydrogens (tertiary/aromatic N) is 3. The smallest absolute Gasteiger partial charge is 0.321 e. The van der Waals surface area contributed by atoms with E-state index in [4.69, 9.17) is 0 Å². The highest BCUT2D eigenvalue weighted by molar-refractivity contribution is 7.15. The summed E-state index contributed by atoms with van der Waals surface area (Å²) in [6.45, 7) is 0.926. The van der Waals surface area contributed by atoms with Crippen LogP contribution in [0.5, 0.6) is 0 Å². The second kappa shape index (κ2) is 8.16. The lowest BCUT2D eigenvalue weighted by atomic mass is 10.1. The third-order valence-corrected chi connectivity index (χ3v) is 6.25. The van der Waals surface area contributed by atoms with Crippen molar-refractivity contribution in [3.05, 3.63) is 50.5 Å². The Labute approximate surface area is 171 Å². The van der Waals surface area contributed by atoms with Gasteiger partial charge in [0.05, 0.1) is 17.2 Å². The number of nitrogens with one attached hydrogen (secondary N) is 2. The standard InChI is InChI=1S/C19H21N5O4S/c25-17(12-5-7-14(8-6-12)24(27)28)23-10-9-15-16(11-23)29-19(21-15)22-18(26)20-13-3-1-2-4-13/h5-8,13H,1-4,9-11H2,(H2,20,21,22,26). The molecule has 4 rings (SSSR count). The van der Waals surface area contributed by atoms with Gasteiger partial charge in [-0.2, -0.15) is 0 Å². The molecule has 0 atom stereocenters. The van der Waals surface area contributed by atoms with Crippen molar-refractivity contribution in [2.24, 2.45) is 0 Å². The number of rotatable bonds is 4. The van der Waals surface area contributed by atoms with Gasteiger partial charge in [0.1, 0.15) is 0 Å². The van der Waals surface area contributed by atoms with E-state index in [9.17, 15) is 19.7 Å². The fourth-order valence-corrected chi connectivity index (χ4v) is 4.74. The molecule has 2 heterocycles. The lowest BCUT2D eigenvalue weighted by Gasteiger charge is -2.26. The van der Waals surface area contributed by atoms with Crippen LogP contribution in [0, 0.1) is 10.1 Å². The molecule has 3 amide bonds. The van der Waals surface area contributed by atoms with Crippen LogP contribution in [-0.4, -0.2) is 39.3 Å². The van der Waals surface area contributed by atoms with E-state index in [0.29, 0.717) is 30.2 Å². The molecule has 1 saturated carbocycles. The van der Waals surface area contributed by atoms with Crippen LogP contribution < -0.4 is 10.6 Å². The van der Waals surface area contributed by atoms with Crippen LogP contribution in [-0.2, 0) is 13.0 Å². The molecule has 29 heavy (non-hydrogen) atoms. The summed E-state index contributed by atoms with van der Waals surface area (Å²) in [5, 5.41) is 17.1. The first-order valence-electron chi connectivity index (χ1n) is 9.59. The molecule has 0 bridgehead atoms. The largest absolute Gasteiger partial charge is 0.335 e. The number of nitro benzene ring substituents is 1. The maximum atomic E-state index is 12.7. The first kappa shape index (κ1) is 19.3. The van der Waals surface area contributed by atoms with E-state index in [2.05, 4.69) is 15.6 Å². The van der Waals surface area contributed by atoms with E-state index in [-0.39, 0.29) is 23.7 Å². The summed E-state index contributed by atoms with van der Waals surface area (Å²) in [7, 11) is 0. The summed E-state index contributed by atoms with van der Waals surface area (Å²) in [5.74, 6) is -0.174. The first-order chi connectivity index (χ1) is 14.0. The third kappa shape index (κ3) is 4.37. The quantitative estimate of drug-likeness (QED) is 0.587. The summed E-state index contributed by atoms with van der Waals surface area (Å²) >= 11 is 1.38. The van der Waals surface area contributed by atoms with Gasteiger partial charge in [-0.3, -0.25) is 20.2 Å². The summed E-state index contributed by atoms with van der Waals surface area (Å²) in [5.41, 5.74) is 1.27. The van der Waals surface area contributed by atoms with Gasteiger partial charge in [0.25, 0.3) is 11.6 Å². The van der Waals surface area contributed by atoms with Crippen molar-refractivity contribution >= 4 is 34.1 Å². The van der Waals surface area contributed by atoms with Gasteiger partial charge in [0.2, 0.25) is 0 Å². The highest BCUT2D eigenvalue weighted by Crippen LogP contribution is 2.29. The van der Waals surface area contributed by atoms with Crippen molar-refractivity contribution in [3.8, 4) is 0 Å². The van der Waals surface area contributed by atoms with E-state index in [1.165, 1.54) is 35.6 Å². The Morgan fingerprint density at radius 1 is 1.21 bits per heavy atom. The number of aromatic nitrogens is 1. The van der Waals surface area contributed by atoms with E-state index in [1.807, 2.05) is 0 Å². The molecule has 1 aliphatic heterocycles. The average molecular weight is 415 g/mol. The normalized spacial score (nSPS) is 16.3. The van der Waals surface area contributed by atoms with Crippen molar-refractivity contribution < 1.29 is 14.5 Å². The van der Waals surface area contributed by atoms with Gasteiger partial charge >= 0.3 is 6.03 Å². The fraction of sp³-hybridized carbons (Fsp3) is 0.421. The Balaban J connectivity index is 1.38. The lowest BCUT2D eigenvalue weighted by molar-refractivity contribution is -0.384. The molecule has 10 heteroatoms. The van der Waals surface area contributed by atoms with Gasteiger partial charge in [-0.15, -0.1) is 0 Å². The molecule has 9 nitrogen and oxygen atoms in total. The summed E-state index contributed by atoms with van der Waals surface area (Å²) in [6, 6.07) is 5.62. The van der Waals surface area contributed by atoms with Crippen LogP contribution in [0.3, 0.4) is 0 Å². The molecule has 1 aliphatic carbocycles. The van der Waals surface area contributed by atoms with Crippen LogP contribution in [0.25, 0.3) is 0 Å². The number of carbonyl (C=O) groups is 2. The zero-order valence-corrected chi connectivity index (χ0v) is 16.5. The molecule has 1 aromatic heterocycles. The number of amides is 3. The van der Waals surface area contributed by atoms with Gasteiger partial charge in [0.15, 0.2) is 5.13 Å². The number of benzene rings is 1. The third-order valence-electron chi connectivity index (χ3n) is 5.25. The average Bonchev–Trinajstić information content (AvgIpc) is 3.35. The molecule has 2 aliphatic rings. The molecule has 152 valence electrons. The number of thiazole rings is 1. The Morgan fingerprint density at radius 3 is 2.62 bits per heavy atom. The monoisotopic (exact) mass is 415 g/mol. The molecular weight excluding hydrogens is 394 g/mol. The number of urea groups is 1. The Kier molecular flexibility index (Phi) is 5.43. The van der Waals surface area contributed by atoms with Crippen molar-refractivity contribution in [3.63, 3.8) is 0 Å². The van der Waals surface area contributed by atoms with Crippen molar-refractivity contribution in [1.82, 2.24) is 15.2 Å². The number of hydrogen-bond acceptors (Lipinski definition) is 6. The first-order valence-corrected chi connectivity index (χ1v) is 10.4. The Bertz CT molecular complexity index is 937. The minimum Gasteiger partial charge on any atom is -0.335 e. The molecular formula is C19H21N5O4S. The van der Waals surface area contributed by atoms with E-state index >= 15 is 0 Å². The topological polar surface area (TPSA) is 117 Å². The number of nitro groups is 1. The highest BCUT2D eigenvalue weighted by Gasteiger charge is 2.26. The van der Waals surface area contributed by atoms with Crippen LogP contribution in [0.4, 0.5) is 15.6 Å². The molecule has 0 radical (unpaired) electrons. The van der Waals surface area contributed by atoms with E-state index < -0.39 is 4.92 Å². The number of fused-ring (bicyclic) bond motifs is 1. The number of anilines is 1. The Hall–Kier alpha value is -3.01. The Morgan fingerprint density at radius 2 is 1.93 bits per heavy atom. The van der Waals surface area contributed by atoms with Gasteiger partial charge in [-0.05, 0) is 25.0 Å². The molecule has 0 spiro atoms. The second-order valence-electron chi connectivity index (χ2n) is 7.25. The van der Waals surface area contributed by atoms with E-state index in [1.54, 1.807) is 4.90 Å². The summed E-state index contributed by atoms with van der Waals surface area (Å²) in [4.78, 5) is 42.3. The molecule has 0 saturated heterocycles. The fourth-order valence-electron chi connectivity index (χ4n) is 3.72. The van der Waals surface area contributed by atoms with E-state index in [0.717, 1.165) is 36.3 Å². The van der Waals surface area contributed by atoms with Crippen molar-refractivity contribution in [2.45, 2.75) is 44.7 Å². The maximum absolute atomic E-state index is 12.7. The SMILES string of the molecule is O=C(Nc1nc2c(s1)CN(C(=O)c1ccc([N+](=O)[O-])cc1)CC2)NC1CCCC1. The summed E-state index contributed by atoms with van der Waals surface area (Å²) in [6.07, 6.45) is 4.93. The van der Waals surface area contributed by atoms with Gasteiger partial charge in [0, 0.05) is 41.6 Å². The number of carbonyl (C=O) groups excluding carboxylic acids is 2. The molecule has 1 fully saturated rings. The minimum atomic E-state index is -0.490.